The molecule has 2 aromatic heterocycles. The summed E-state index contributed by atoms with van der Waals surface area (Å²) in [7, 11) is 0. The third-order valence-corrected chi connectivity index (χ3v) is 4.01. The van der Waals surface area contributed by atoms with E-state index >= 15 is 0 Å². The van der Waals surface area contributed by atoms with Crippen molar-refractivity contribution in [1.82, 2.24) is 19.5 Å². The van der Waals surface area contributed by atoms with Crippen molar-refractivity contribution in [1.29, 1.82) is 0 Å². The van der Waals surface area contributed by atoms with Crippen LogP contribution in [0.3, 0.4) is 0 Å². The average molecular weight is 335 g/mol. The van der Waals surface area contributed by atoms with E-state index in [1.165, 1.54) is 0 Å². The number of hydrogen-bond donors (Lipinski definition) is 2. The monoisotopic (exact) mass is 334 g/mol. The zero-order chi connectivity index (χ0) is 15.9. The maximum atomic E-state index is 12.3. The summed E-state index contributed by atoms with van der Waals surface area (Å²) in [6, 6.07) is 7.37. The number of benzene rings is 1. The molecule has 0 radical (unpaired) electrons. The van der Waals surface area contributed by atoms with Gasteiger partial charge < -0.3 is 4.98 Å². The van der Waals surface area contributed by atoms with E-state index in [0.717, 1.165) is 11.4 Å². The number of nitrogens with one attached hydrogen (secondary N) is 2. The molecule has 22 heavy (non-hydrogen) atoms. The average Bonchev–Trinajstić information content (AvgIpc) is 2.91. The van der Waals surface area contributed by atoms with Crippen molar-refractivity contribution >= 4 is 35.0 Å². The first kappa shape index (κ1) is 15.0. The van der Waals surface area contributed by atoms with Gasteiger partial charge in [-0.25, -0.2) is 9.78 Å². The van der Waals surface area contributed by atoms with E-state index in [1.807, 2.05) is 26.0 Å². The molecular weight excluding hydrogens is 320 g/mol. The molecule has 3 rings (SSSR count). The van der Waals surface area contributed by atoms with Crippen molar-refractivity contribution in [3.8, 4) is 0 Å². The van der Waals surface area contributed by atoms with Gasteiger partial charge in [-0.2, -0.15) is 0 Å². The number of fused-ring (bicyclic) bond motifs is 1. The van der Waals surface area contributed by atoms with Crippen LogP contribution in [0.5, 0.6) is 0 Å². The first-order valence-corrected chi connectivity index (χ1v) is 7.71. The van der Waals surface area contributed by atoms with Crippen LogP contribution in [0.15, 0.2) is 29.1 Å². The summed E-state index contributed by atoms with van der Waals surface area (Å²) in [5, 5.41) is 0.663. The van der Waals surface area contributed by atoms with Crippen LogP contribution in [-0.2, 0) is 6.54 Å². The van der Waals surface area contributed by atoms with E-state index < -0.39 is 0 Å². The zero-order valence-corrected chi connectivity index (χ0v) is 13.8. The molecule has 0 bridgehead atoms. The molecule has 0 fully saturated rings. The summed E-state index contributed by atoms with van der Waals surface area (Å²) in [6.45, 7) is 4.47. The zero-order valence-electron chi connectivity index (χ0n) is 12.2. The molecule has 0 saturated heterocycles. The number of H-pyrrole nitrogens is 2. The third kappa shape index (κ3) is 2.71. The number of rotatable bonds is 3. The Morgan fingerprint density at radius 1 is 1.27 bits per heavy atom. The summed E-state index contributed by atoms with van der Waals surface area (Å²) >= 11 is 11.1. The van der Waals surface area contributed by atoms with Gasteiger partial charge in [0.25, 0.3) is 0 Å². The van der Waals surface area contributed by atoms with Gasteiger partial charge in [-0.3, -0.25) is 9.55 Å². The molecule has 7 heteroatoms. The van der Waals surface area contributed by atoms with E-state index in [9.17, 15) is 4.79 Å². The lowest BCUT2D eigenvalue weighted by Gasteiger charge is -2.06. The highest BCUT2D eigenvalue weighted by Crippen LogP contribution is 2.17. The van der Waals surface area contributed by atoms with E-state index in [2.05, 4.69) is 15.0 Å². The predicted octanol–water partition coefficient (Wildman–Crippen LogP) is 3.61. The van der Waals surface area contributed by atoms with Crippen LogP contribution in [0, 0.1) is 4.64 Å². The van der Waals surface area contributed by atoms with Crippen LogP contribution in [0.4, 0.5) is 0 Å². The summed E-state index contributed by atoms with van der Waals surface area (Å²) in [5.41, 5.74) is 1.96. The Hall–Kier alpha value is -1.92. The van der Waals surface area contributed by atoms with Crippen molar-refractivity contribution in [3.05, 3.63) is 55.8 Å². The maximum Gasteiger partial charge on any atom is 0.328 e. The first-order valence-electron chi connectivity index (χ1n) is 6.93. The molecular formula is C15H15ClN4OS. The molecule has 5 nitrogen and oxygen atoms in total. The molecule has 0 amide bonds. The molecule has 0 spiro atoms. The molecule has 0 aliphatic carbocycles. The van der Waals surface area contributed by atoms with Gasteiger partial charge in [0.05, 0.1) is 6.54 Å². The molecule has 2 heterocycles. The number of aromatic amines is 2. The lowest BCUT2D eigenvalue weighted by atomic mass is 10.2. The van der Waals surface area contributed by atoms with E-state index in [1.54, 1.807) is 16.7 Å². The Balaban J connectivity index is 2.17. The van der Waals surface area contributed by atoms with Gasteiger partial charge in [-0.1, -0.05) is 49.8 Å². The summed E-state index contributed by atoms with van der Waals surface area (Å²) in [5.74, 6) is 1.03. The van der Waals surface area contributed by atoms with Crippen LogP contribution in [0.25, 0.3) is 11.2 Å². The minimum absolute atomic E-state index is 0.223. The molecule has 1 aromatic carbocycles. The SMILES string of the molecule is CC(C)c1nc2c([nH]1)c(=S)[nH]c(=O)n2Cc1ccc(Cl)cc1. The fourth-order valence-corrected chi connectivity index (χ4v) is 2.61. The van der Waals surface area contributed by atoms with Crippen molar-refractivity contribution in [2.24, 2.45) is 0 Å². The standard InChI is InChI=1S/C15H15ClN4OS/c1-8(2)12-17-11-13(18-12)20(15(21)19-14(11)22)7-9-3-5-10(16)6-4-9/h3-6,8H,7H2,1-2H3,(H,17,18)(H,19,21,22). The van der Waals surface area contributed by atoms with Crippen molar-refractivity contribution in [2.75, 3.05) is 0 Å². The number of imidazole rings is 1. The second kappa shape index (κ2) is 5.70. The van der Waals surface area contributed by atoms with E-state index in [-0.39, 0.29) is 11.6 Å². The molecule has 2 N–H and O–H groups in total. The van der Waals surface area contributed by atoms with Crippen molar-refractivity contribution < 1.29 is 0 Å². The Morgan fingerprint density at radius 3 is 2.59 bits per heavy atom. The van der Waals surface area contributed by atoms with E-state index in [4.69, 9.17) is 23.8 Å². The van der Waals surface area contributed by atoms with Crippen LogP contribution in [0.2, 0.25) is 5.02 Å². The molecule has 3 aromatic rings. The van der Waals surface area contributed by atoms with Gasteiger partial charge in [0, 0.05) is 10.9 Å². The summed E-state index contributed by atoms with van der Waals surface area (Å²) < 4.78 is 1.96. The second-order valence-corrected chi connectivity index (χ2v) is 6.29. The second-order valence-electron chi connectivity index (χ2n) is 5.45. The van der Waals surface area contributed by atoms with Crippen LogP contribution >= 0.6 is 23.8 Å². The van der Waals surface area contributed by atoms with Gasteiger partial charge in [0.1, 0.15) is 16.0 Å². The highest BCUT2D eigenvalue weighted by atomic mass is 35.5. The molecule has 0 atom stereocenters. The minimum atomic E-state index is -0.269. The summed E-state index contributed by atoms with van der Waals surface area (Å²) in [6.07, 6.45) is 0. The highest BCUT2D eigenvalue weighted by Gasteiger charge is 2.13. The summed E-state index contributed by atoms with van der Waals surface area (Å²) in [4.78, 5) is 22.7. The Morgan fingerprint density at radius 2 is 1.95 bits per heavy atom. The van der Waals surface area contributed by atoms with Gasteiger partial charge in [0.15, 0.2) is 5.65 Å². The minimum Gasteiger partial charge on any atom is -0.338 e. The molecule has 0 saturated carbocycles. The Bertz CT molecular complexity index is 937. The normalized spacial score (nSPS) is 11.5. The Labute approximate surface area is 137 Å². The Kier molecular flexibility index (Phi) is 3.88. The first-order chi connectivity index (χ1) is 10.5. The quantitative estimate of drug-likeness (QED) is 0.719. The molecule has 114 valence electrons. The highest BCUT2D eigenvalue weighted by molar-refractivity contribution is 7.71. The topological polar surface area (TPSA) is 66.5 Å². The lowest BCUT2D eigenvalue weighted by Crippen LogP contribution is -2.24. The fraction of sp³-hybridized carbons (Fsp3) is 0.267. The van der Waals surface area contributed by atoms with Gasteiger partial charge in [-0.15, -0.1) is 0 Å². The predicted molar refractivity (Wildman–Crippen MR) is 90.2 cm³/mol. The number of halogens is 1. The van der Waals surface area contributed by atoms with Crippen LogP contribution in [-0.4, -0.2) is 19.5 Å². The molecule has 0 unspecified atom stereocenters. The molecule has 0 aliphatic heterocycles. The smallest absolute Gasteiger partial charge is 0.328 e. The van der Waals surface area contributed by atoms with Gasteiger partial charge in [-0.05, 0) is 17.7 Å². The van der Waals surface area contributed by atoms with Crippen LogP contribution < -0.4 is 5.69 Å². The number of hydrogen-bond acceptors (Lipinski definition) is 3. The van der Waals surface area contributed by atoms with Gasteiger partial charge in [0.2, 0.25) is 0 Å². The largest absolute Gasteiger partial charge is 0.338 e. The van der Waals surface area contributed by atoms with Crippen LogP contribution in [0.1, 0.15) is 31.2 Å². The third-order valence-electron chi connectivity index (χ3n) is 3.45. The van der Waals surface area contributed by atoms with Crippen molar-refractivity contribution in [2.45, 2.75) is 26.3 Å². The number of nitrogens with zero attached hydrogens (tertiary/aromatic N) is 2. The fourth-order valence-electron chi connectivity index (χ4n) is 2.25. The maximum absolute atomic E-state index is 12.3. The molecule has 0 aliphatic rings. The van der Waals surface area contributed by atoms with E-state index in [0.29, 0.717) is 27.4 Å². The lowest BCUT2D eigenvalue weighted by molar-refractivity contribution is 0.745. The van der Waals surface area contributed by atoms with Gasteiger partial charge >= 0.3 is 5.69 Å². The van der Waals surface area contributed by atoms with Crippen molar-refractivity contribution in [3.63, 3.8) is 0 Å². The number of aromatic nitrogens is 4.